The molecule has 0 spiro atoms. The quantitative estimate of drug-likeness (QED) is 0.0286. The fraction of sp³-hybridized carbons (Fsp3) is 0.696. The van der Waals surface area contributed by atoms with Crippen molar-refractivity contribution >= 4 is 11.9 Å². The molecule has 0 bridgehead atoms. The van der Waals surface area contributed by atoms with Crippen molar-refractivity contribution in [2.24, 2.45) is 0 Å². The van der Waals surface area contributed by atoms with Gasteiger partial charge >= 0.3 is 11.9 Å². The van der Waals surface area contributed by atoms with Crippen molar-refractivity contribution in [2.75, 3.05) is 13.2 Å². The molecule has 2 N–H and O–H groups in total. The maximum absolute atomic E-state index is 12.2. The smallest absolute Gasteiger partial charge is 0.306 e. The molecule has 2 atom stereocenters. The molecule has 0 aliphatic heterocycles. The first-order valence-corrected chi connectivity index (χ1v) is 21.1. The summed E-state index contributed by atoms with van der Waals surface area (Å²) in [5, 5.41) is 19.5. The summed E-state index contributed by atoms with van der Waals surface area (Å²) < 4.78 is 10.5. The standard InChI is InChI=1S/C46H78O6/c1-3-5-7-9-11-12-13-14-15-16-17-18-19-20-24-27-31-35-39-45(49)51-42-44(41-47)52-46(50)40-36-32-28-25-22-21-23-26-30-34-38-43(48)37-33-29-10-8-6-4-2/h6,8,21-22,26,28-30,32-34,38,43-44,47-48H,3-5,7,9-20,23-25,27,31,35-37,39-42H2,1-2H3/b8-6-,22-21-,30-26-,32-28-,33-29-,38-34+/t43?,44-/m0/s1. The van der Waals surface area contributed by atoms with E-state index in [-0.39, 0.29) is 25.6 Å². The minimum Gasteiger partial charge on any atom is -0.462 e. The van der Waals surface area contributed by atoms with Crippen LogP contribution < -0.4 is 0 Å². The molecule has 0 saturated carbocycles. The molecule has 0 fully saturated rings. The first-order valence-electron chi connectivity index (χ1n) is 21.1. The number of unbranched alkanes of at least 4 members (excludes halogenated alkanes) is 17. The first kappa shape index (κ1) is 49.3. The van der Waals surface area contributed by atoms with Gasteiger partial charge < -0.3 is 19.7 Å². The van der Waals surface area contributed by atoms with Gasteiger partial charge in [0.2, 0.25) is 0 Å². The van der Waals surface area contributed by atoms with E-state index in [4.69, 9.17) is 9.47 Å². The van der Waals surface area contributed by atoms with E-state index in [2.05, 4.69) is 44.2 Å². The Balaban J connectivity index is 3.72. The third kappa shape index (κ3) is 38.5. The second kappa shape index (κ2) is 41.1. The van der Waals surface area contributed by atoms with E-state index >= 15 is 0 Å². The molecule has 298 valence electrons. The van der Waals surface area contributed by atoms with Crippen LogP contribution in [-0.2, 0) is 19.1 Å². The maximum Gasteiger partial charge on any atom is 0.306 e. The number of hydrogen-bond donors (Lipinski definition) is 2. The van der Waals surface area contributed by atoms with Crippen LogP contribution in [0.15, 0.2) is 72.9 Å². The Labute approximate surface area is 319 Å². The summed E-state index contributed by atoms with van der Waals surface area (Å²) in [6.45, 7) is 3.90. The Hall–Kier alpha value is -2.70. The molecule has 0 heterocycles. The average Bonchev–Trinajstić information content (AvgIpc) is 3.14. The van der Waals surface area contributed by atoms with Gasteiger partial charge in [-0.3, -0.25) is 9.59 Å². The first-order chi connectivity index (χ1) is 25.5. The molecule has 0 aromatic carbocycles. The highest BCUT2D eigenvalue weighted by molar-refractivity contribution is 5.70. The van der Waals surface area contributed by atoms with Crippen LogP contribution in [0.3, 0.4) is 0 Å². The third-order valence-corrected chi connectivity index (χ3v) is 8.86. The predicted octanol–water partition coefficient (Wildman–Crippen LogP) is 12.3. The highest BCUT2D eigenvalue weighted by Gasteiger charge is 2.15. The molecule has 1 unspecified atom stereocenters. The summed E-state index contributed by atoms with van der Waals surface area (Å²) in [4.78, 5) is 24.3. The van der Waals surface area contributed by atoms with Crippen LogP contribution in [0.25, 0.3) is 0 Å². The third-order valence-electron chi connectivity index (χ3n) is 8.86. The fourth-order valence-corrected chi connectivity index (χ4v) is 5.66. The number of aliphatic hydroxyl groups excluding tert-OH is 2. The van der Waals surface area contributed by atoms with Crippen molar-refractivity contribution in [3.8, 4) is 0 Å². The van der Waals surface area contributed by atoms with Crippen LogP contribution >= 0.6 is 0 Å². The van der Waals surface area contributed by atoms with Crippen LogP contribution in [0, 0.1) is 0 Å². The number of allylic oxidation sites excluding steroid dienone is 10. The number of rotatable bonds is 37. The molecule has 0 saturated heterocycles. The second-order valence-corrected chi connectivity index (χ2v) is 13.9. The molecule has 0 amide bonds. The maximum atomic E-state index is 12.2. The summed E-state index contributed by atoms with van der Waals surface area (Å²) in [6, 6.07) is 0. The van der Waals surface area contributed by atoms with Gasteiger partial charge in [-0.1, -0.05) is 196 Å². The number of esters is 2. The molecule has 0 aromatic rings. The van der Waals surface area contributed by atoms with Crippen molar-refractivity contribution in [2.45, 2.75) is 193 Å². The zero-order chi connectivity index (χ0) is 38.0. The van der Waals surface area contributed by atoms with Crippen molar-refractivity contribution in [1.82, 2.24) is 0 Å². The van der Waals surface area contributed by atoms with Crippen LogP contribution in [0.1, 0.15) is 181 Å². The van der Waals surface area contributed by atoms with E-state index < -0.39 is 18.2 Å². The largest absolute Gasteiger partial charge is 0.462 e. The van der Waals surface area contributed by atoms with E-state index in [0.29, 0.717) is 19.3 Å². The SMILES string of the molecule is CC/C=C\C/C=C\CC(O)/C=C/C=C\C/C=C\C/C=C\CCC(=O)O[C@@H](CO)COC(=O)CCCCCCCCCCCCCCCCCCCC. The summed E-state index contributed by atoms with van der Waals surface area (Å²) >= 11 is 0. The fourth-order valence-electron chi connectivity index (χ4n) is 5.66. The topological polar surface area (TPSA) is 93.1 Å². The molecule has 6 nitrogen and oxygen atoms in total. The van der Waals surface area contributed by atoms with E-state index in [9.17, 15) is 19.8 Å². The molecule has 0 aliphatic carbocycles. The summed E-state index contributed by atoms with van der Waals surface area (Å²) in [6.07, 6.45) is 51.5. The summed E-state index contributed by atoms with van der Waals surface area (Å²) in [5.41, 5.74) is 0. The molecule has 0 aromatic heterocycles. The van der Waals surface area contributed by atoms with Crippen molar-refractivity contribution in [3.05, 3.63) is 72.9 Å². The van der Waals surface area contributed by atoms with Gasteiger partial charge in [-0.15, -0.1) is 0 Å². The number of hydrogen-bond acceptors (Lipinski definition) is 6. The summed E-state index contributed by atoms with van der Waals surface area (Å²) in [5.74, 6) is -0.718. The number of ether oxygens (including phenoxy) is 2. The average molecular weight is 727 g/mol. The van der Waals surface area contributed by atoms with E-state index in [1.54, 1.807) is 6.08 Å². The van der Waals surface area contributed by atoms with Gasteiger partial charge in [0.15, 0.2) is 6.10 Å². The lowest BCUT2D eigenvalue weighted by molar-refractivity contribution is -0.161. The van der Waals surface area contributed by atoms with Gasteiger partial charge in [-0.05, 0) is 44.9 Å². The number of carbonyl (C=O) groups is 2. The number of aliphatic hydroxyl groups is 2. The van der Waals surface area contributed by atoms with Crippen LogP contribution in [0.5, 0.6) is 0 Å². The zero-order valence-corrected chi connectivity index (χ0v) is 33.4. The monoisotopic (exact) mass is 727 g/mol. The van der Waals surface area contributed by atoms with Crippen LogP contribution in [-0.4, -0.2) is 47.6 Å². The van der Waals surface area contributed by atoms with Crippen LogP contribution in [0.4, 0.5) is 0 Å². The van der Waals surface area contributed by atoms with Gasteiger partial charge in [0.05, 0.1) is 12.7 Å². The van der Waals surface area contributed by atoms with Gasteiger partial charge in [0.1, 0.15) is 6.61 Å². The van der Waals surface area contributed by atoms with Crippen molar-refractivity contribution in [1.29, 1.82) is 0 Å². The lowest BCUT2D eigenvalue weighted by Gasteiger charge is -2.15. The second-order valence-electron chi connectivity index (χ2n) is 13.9. The highest BCUT2D eigenvalue weighted by atomic mass is 16.6. The normalized spacial score (nSPS) is 13.5. The summed E-state index contributed by atoms with van der Waals surface area (Å²) in [7, 11) is 0. The molecule has 0 radical (unpaired) electrons. The molecule has 0 rings (SSSR count). The minimum atomic E-state index is -0.829. The van der Waals surface area contributed by atoms with Crippen molar-refractivity contribution in [3.63, 3.8) is 0 Å². The van der Waals surface area contributed by atoms with Gasteiger partial charge in [0.25, 0.3) is 0 Å². The van der Waals surface area contributed by atoms with E-state index in [0.717, 1.165) is 44.9 Å². The number of carbonyl (C=O) groups excluding carboxylic acids is 2. The molecule has 6 heteroatoms. The minimum absolute atomic E-state index is 0.111. The Kier molecular flexibility index (Phi) is 38.9. The van der Waals surface area contributed by atoms with Gasteiger partial charge in [-0.2, -0.15) is 0 Å². The predicted molar refractivity (Wildman–Crippen MR) is 220 cm³/mol. The van der Waals surface area contributed by atoms with E-state index in [1.807, 2.05) is 36.5 Å². The lowest BCUT2D eigenvalue weighted by Crippen LogP contribution is -2.28. The zero-order valence-electron chi connectivity index (χ0n) is 33.4. The Morgan fingerprint density at radius 1 is 0.558 bits per heavy atom. The van der Waals surface area contributed by atoms with Crippen molar-refractivity contribution < 1.29 is 29.3 Å². The Morgan fingerprint density at radius 3 is 1.62 bits per heavy atom. The lowest BCUT2D eigenvalue weighted by atomic mass is 10.0. The van der Waals surface area contributed by atoms with Gasteiger partial charge in [-0.25, -0.2) is 0 Å². The molecule has 0 aliphatic rings. The molecular formula is C46H78O6. The van der Waals surface area contributed by atoms with E-state index in [1.165, 1.54) is 96.3 Å². The Bertz CT molecular complexity index is 975. The molecular weight excluding hydrogens is 648 g/mol. The highest BCUT2D eigenvalue weighted by Crippen LogP contribution is 2.15. The van der Waals surface area contributed by atoms with Gasteiger partial charge in [0, 0.05) is 12.8 Å². The Morgan fingerprint density at radius 2 is 1.06 bits per heavy atom. The molecule has 52 heavy (non-hydrogen) atoms. The van der Waals surface area contributed by atoms with Crippen LogP contribution in [0.2, 0.25) is 0 Å².